The van der Waals surface area contributed by atoms with E-state index >= 15 is 0 Å². The molecule has 2 nitrogen and oxygen atoms in total. The van der Waals surface area contributed by atoms with Gasteiger partial charge in [-0.3, -0.25) is 0 Å². The van der Waals surface area contributed by atoms with Gasteiger partial charge in [-0.15, -0.1) is 0 Å². The molecule has 0 bridgehead atoms. The molecule has 2 heteroatoms. The van der Waals surface area contributed by atoms with Gasteiger partial charge >= 0.3 is 0 Å². The summed E-state index contributed by atoms with van der Waals surface area (Å²) < 4.78 is 5.32. The molecule has 1 aromatic heterocycles. The molecule has 0 radical (unpaired) electrons. The van der Waals surface area contributed by atoms with E-state index in [1.807, 2.05) is 31.2 Å². The number of nitrogens with zero attached hydrogens (tertiary/aromatic N) is 1. The second kappa shape index (κ2) is 5.81. The number of pyridine rings is 1. The highest BCUT2D eigenvalue weighted by molar-refractivity contribution is 5.72. The minimum Gasteiger partial charge on any atom is -0.478 e. The Morgan fingerprint density at radius 2 is 2.27 bits per heavy atom. The number of allylic oxidation sites excluding steroid dienone is 4. The molecule has 1 aromatic rings. The maximum atomic E-state index is 5.32. The molecule has 0 aliphatic rings. The first-order valence-electron chi connectivity index (χ1n) is 4.87. The van der Waals surface area contributed by atoms with E-state index in [1.54, 1.807) is 12.2 Å². The van der Waals surface area contributed by atoms with Crippen molar-refractivity contribution in [3.63, 3.8) is 0 Å². The lowest BCUT2D eigenvalue weighted by Crippen LogP contribution is -1.96. The quantitative estimate of drug-likeness (QED) is 0.682. The Hall–Kier alpha value is -1.83. The number of hydrogen-bond acceptors (Lipinski definition) is 2. The van der Waals surface area contributed by atoms with Crippen molar-refractivity contribution in [2.24, 2.45) is 0 Å². The Kier molecular flexibility index (Phi) is 4.35. The number of rotatable bonds is 5. The molecule has 0 aromatic carbocycles. The summed E-state index contributed by atoms with van der Waals surface area (Å²) in [6.07, 6.45) is 5.33. The monoisotopic (exact) mass is 201 g/mol. The summed E-state index contributed by atoms with van der Waals surface area (Å²) in [6.45, 7) is 9.93. The van der Waals surface area contributed by atoms with Crippen molar-refractivity contribution in [1.82, 2.24) is 4.98 Å². The Morgan fingerprint density at radius 1 is 1.47 bits per heavy atom. The minimum absolute atomic E-state index is 0.616. The van der Waals surface area contributed by atoms with Crippen LogP contribution in [0.1, 0.15) is 12.6 Å². The van der Waals surface area contributed by atoms with E-state index < -0.39 is 0 Å². The van der Waals surface area contributed by atoms with Gasteiger partial charge < -0.3 is 4.74 Å². The average molecular weight is 201 g/mol. The van der Waals surface area contributed by atoms with Crippen LogP contribution in [0.25, 0.3) is 5.57 Å². The zero-order valence-electron chi connectivity index (χ0n) is 8.94. The summed E-state index contributed by atoms with van der Waals surface area (Å²) in [4.78, 5) is 4.34. The van der Waals surface area contributed by atoms with Crippen LogP contribution < -0.4 is 4.74 Å². The van der Waals surface area contributed by atoms with E-state index in [4.69, 9.17) is 4.74 Å². The van der Waals surface area contributed by atoms with Gasteiger partial charge in [0.05, 0.1) is 12.3 Å². The number of hydrogen-bond donors (Lipinski definition) is 0. The standard InChI is InChI=1S/C13H15NO/c1-4-8-11(5-2)12-9-7-10-13(14-12)15-6-3/h4-5,7-10H,1-2,6H2,3H3/b11-8+. The number of aromatic nitrogens is 1. The molecular weight excluding hydrogens is 186 g/mol. The van der Waals surface area contributed by atoms with Crippen LogP contribution in [0, 0.1) is 0 Å². The summed E-state index contributed by atoms with van der Waals surface area (Å²) >= 11 is 0. The van der Waals surface area contributed by atoms with Crippen molar-refractivity contribution in [2.45, 2.75) is 6.92 Å². The summed E-state index contributed by atoms with van der Waals surface area (Å²) in [5, 5.41) is 0. The molecule has 0 aliphatic heterocycles. The Balaban J connectivity index is 3.02. The van der Waals surface area contributed by atoms with Gasteiger partial charge in [-0.2, -0.15) is 0 Å². The van der Waals surface area contributed by atoms with Gasteiger partial charge in [-0.25, -0.2) is 4.98 Å². The summed E-state index contributed by atoms with van der Waals surface area (Å²) in [7, 11) is 0. The fourth-order valence-electron chi connectivity index (χ4n) is 1.19. The first kappa shape index (κ1) is 11.2. The summed E-state index contributed by atoms with van der Waals surface area (Å²) in [5.41, 5.74) is 1.78. The Labute approximate surface area is 90.6 Å². The molecule has 78 valence electrons. The van der Waals surface area contributed by atoms with Crippen LogP contribution >= 0.6 is 0 Å². The highest BCUT2D eigenvalue weighted by Crippen LogP contribution is 2.16. The zero-order valence-corrected chi connectivity index (χ0v) is 8.94. The molecule has 0 atom stereocenters. The molecule has 0 unspecified atom stereocenters. The van der Waals surface area contributed by atoms with Gasteiger partial charge in [0.1, 0.15) is 0 Å². The third-order valence-corrected chi connectivity index (χ3v) is 1.83. The van der Waals surface area contributed by atoms with Gasteiger partial charge in [0.2, 0.25) is 5.88 Å². The highest BCUT2D eigenvalue weighted by Gasteiger charge is 2.00. The molecule has 0 spiro atoms. The lowest BCUT2D eigenvalue weighted by molar-refractivity contribution is 0.326. The maximum Gasteiger partial charge on any atom is 0.213 e. The van der Waals surface area contributed by atoms with Crippen LogP contribution in [0.4, 0.5) is 0 Å². The predicted molar refractivity (Wildman–Crippen MR) is 63.8 cm³/mol. The zero-order chi connectivity index (χ0) is 11.1. The fraction of sp³-hybridized carbons (Fsp3) is 0.154. The lowest BCUT2D eigenvalue weighted by atomic mass is 10.1. The molecule has 0 fully saturated rings. The van der Waals surface area contributed by atoms with E-state index in [1.165, 1.54) is 0 Å². The van der Waals surface area contributed by atoms with Crippen molar-refractivity contribution in [1.29, 1.82) is 0 Å². The SMILES string of the molecule is C=C/C=C(\C=C)c1cccc(OCC)n1. The van der Waals surface area contributed by atoms with Crippen LogP contribution in [0.3, 0.4) is 0 Å². The Bertz CT molecular complexity index is 380. The molecule has 1 heterocycles. The second-order valence-electron chi connectivity index (χ2n) is 2.86. The van der Waals surface area contributed by atoms with Crippen LogP contribution in [-0.4, -0.2) is 11.6 Å². The first-order valence-corrected chi connectivity index (χ1v) is 4.87. The first-order chi connectivity index (χ1) is 7.31. The minimum atomic E-state index is 0.616. The van der Waals surface area contributed by atoms with Gasteiger partial charge in [0.25, 0.3) is 0 Å². The van der Waals surface area contributed by atoms with Crippen LogP contribution in [0.2, 0.25) is 0 Å². The Morgan fingerprint density at radius 3 is 2.87 bits per heavy atom. The van der Waals surface area contributed by atoms with Crippen molar-refractivity contribution < 1.29 is 4.74 Å². The van der Waals surface area contributed by atoms with Crippen molar-refractivity contribution >= 4 is 5.57 Å². The van der Waals surface area contributed by atoms with Crippen molar-refractivity contribution in [3.8, 4) is 5.88 Å². The second-order valence-corrected chi connectivity index (χ2v) is 2.86. The average Bonchev–Trinajstić information content (AvgIpc) is 2.27. The molecule has 0 amide bonds. The van der Waals surface area contributed by atoms with Crippen LogP contribution in [0.5, 0.6) is 5.88 Å². The molecule has 1 rings (SSSR count). The number of ether oxygens (including phenoxy) is 1. The molecule has 15 heavy (non-hydrogen) atoms. The smallest absolute Gasteiger partial charge is 0.213 e. The van der Waals surface area contributed by atoms with Gasteiger partial charge in [0, 0.05) is 6.07 Å². The fourth-order valence-corrected chi connectivity index (χ4v) is 1.19. The normalized spacial score (nSPS) is 10.9. The lowest BCUT2D eigenvalue weighted by Gasteiger charge is -2.04. The van der Waals surface area contributed by atoms with Crippen LogP contribution in [0.15, 0.2) is 49.6 Å². The van der Waals surface area contributed by atoms with Crippen LogP contribution in [-0.2, 0) is 0 Å². The molecule has 0 aliphatic carbocycles. The summed E-state index contributed by atoms with van der Waals surface area (Å²) in [5.74, 6) is 0.631. The van der Waals surface area contributed by atoms with Gasteiger partial charge in [-0.1, -0.05) is 37.5 Å². The third-order valence-electron chi connectivity index (χ3n) is 1.83. The van der Waals surface area contributed by atoms with E-state index in [0.717, 1.165) is 11.3 Å². The highest BCUT2D eigenvalue weighted by atomic mass is 16.5. The van der Waals surface area contributed by atoms with Crippen molar-refractivity contribution in [3.05, 3.63) is 55.3 Å². The van der Waals surface area contributed by atoms with Gasteiger partial charge in [0.15, 0.2) is 0 Å². The van der Waals surface area contributed by atoms with E-state index in [-0.39, 0.29) is 0 Å². The van der Waals surface area contributed by atoms with Crippen molar-refractivity contribution in [2.75, 3.05) is 6.61 Å². The maximum absolute atomic E-state index is 5.32. The topological polar surface area (TPSA) is 22.1 Å². The van der Waals surface area contributed by atoms with Gasteiger partial charge in [-0.05, 0) is 18.6 Å². The molecule has 0 saturated heterocycles. The third kappa shape index (κ3) is 3.09. The summed E-state index contributed by atoms with van der Waals surface area (Å²) in [6, 6.07) is 5.66. The van der Waals surface area contributed by atoms with E-state index in [0.29, 0.717) is 12.5 Å². The molecule has 0 saturated carbocycles. The molecular formula is C13H15NO. The van der Waals surface area contributed by atoms with E-state index in [2.05, 4.69) is 18.1 Å². The largest absolute Gasteiger partial charge is 0.478 e. The molecule has 0 N–H and O–H groups in total. The van der Waals surface area contributed by atoms with E-state index in [9.17, 15) is 0 Å². The predicted octanol–water partition coefficient (Wildman–Crippen LogP) is 3.24.